The summed E-state index contributed by atoms with van der Waals surface area (Å²) in [6, 6.07) is 2.28. The molecule has 0 bridgehead atoms. The lowest BCUT2D eigenvalue weighted by atomic mass is 9.96. The fraction of sp³-hybridized carbons (Fsp3) is 0.464. The second kappa shape index (κ2) is 11.7. The summed E-state index contributed by atoms with van der Waals surface area (Å²) in [5.74, 6) is 0.705. The molecule has 2 heterocycles. The molecule has 2 amide bonds. The molecule has 2 N–H and O–H groups in total. The van der Waals surface area contributed by atoms with Crippen molar-refractivity contribution in [2.45, 2.75) is 58.1 Å². The number of urea groups is 1. The van der Waals surface area contributed by atoms with Crippen LogP contribution in [0.15, 0.2) is 59.6 Å². The number of amides is 2. The summed E-state index contributed by atoms with van der Waals surface area (Å²) in [6.07, 6.45) is 12.4. The molecular weight excluding hydrogens is 470 g/mol. The van der Waals surface area contributed by atoms with E-state index in [9.17, 15) is 10.1 Å². The molecule has 190 valence electrons. The van der Waals surface area contributed by atoms with Crippen molar-refractivity contribution in [2.24, 2.45) is 0 Å². The number of carbonyl (C=O) groups excluding carboxylic acids is 1. The van der Waals surface area contributed by atoms with E-state index in [2.05, 4.69) is 29.4 Å². The summed E-state index contributed by atoms with van der Waals surface area (Å²) in [6.45, 7) is 13.2. The van der Waals surface area contributed by atoms with Gasteiger partial charge in [0.1, 0.15) is 16.8 Å². The maximum atomic E-state index is 12.8. The number of piperazine rings is 1. The minimum Gasteiger partial charge on any atom is -0.490 e. The number of hydrogen-bond donors (Lipinski definition) is 2. The van der Waals surface area contributed by atoms with Gasteiger partial charge in [0.25, 0.3) is 0 Å². The van der Waals surface area contributed by atoms with E-state index in [1.807, 2.05) is 50.1 Å². The van der Waals surface area contributed by atoms with Gasteiger partial charge in [-0.1, -0.05) is 24.8 Å². The van der Waals surface area contributed by atoms with E-state index in [1.165, 1.54) is 5.57 Å². The number of hydrogen-bond acceptors (Lipinski definition) is 6. The number of allylic oxidation sites excluding steroid dienone is 6. The highest BCUT2D eigenvalue weighted by molar-refractivity contribution is 7.12. The van der Waals surface area contributed by atoms with E-state index < -0.39 is 0 Å². The zero-order valence-corrected chi connectivity index (χ0v) is 22.2. The van der Waals surface area contributed by atoms with Gasteiger partial charge in [-0.05, 0) is 62.8 Å². The van der Waals surface area contributed by atoms with E-state index in [0.29, 0.717) is 11.3 Å². The molecule has 0 aromatic carbocycles. The molecule has 1 aromatic heterocycles. The van der Waals surface area contributed by atoms with Crippen molar-refractivity contribution in [3.05, 3.63) is 69.4 Å². The number of nitrogens with zero attached hydrogens (tertiary/aromatic N) is 3. The quantitative estimate of drug-likeness (QED) is 0.565. The van der Waals surface area contributed by atoms with Crippen molar-refractivity contribution < 1.29 is 9.53 Å². The fourth-order valence-corrected chi connectivity index (χ4v) is 6.07. The number of thiazole rings is 1. The predicted molar refractivity (Wildman–Crippen MR) is 144 cm³/mol. The molecule has 8 heteroatoms. The minimum atomic E-state index is -0.00120. The predicted octanol–water partition coefficient (Wildman–Crippen LogP) is 5.05. The molecule has 36 heavy (non-hydrogen) atoms. The van der Waals surface area contributed by atoms with Gasteiger partial charge in [0.05, 0.1) is 22.6 Å². The highest BCUT2D eigenvalue weighted by Crippen LogP contribution is 2.41. The van der Waals surface area contributed by atoms with Gasteiger partial charge in [-0.3, -0.25) is 0 Å². The molecule has 3 aliphatic rings. The Bertz CT molecular complexity index is 1160. The maximum Gasteiger partial charge on any atom is 0.317 e. The molecule has 1 saturated heterocycles. The van der Waals surface area contributed by atoms with Crippen molar-refractivity contribution >= 4 is 22.9 Å². The Morgan fingerprint density at radius 2 is 2.19 bits per heavy atom. The lowest BCUT2D eigenvalue weighted by Gasteiger charge is -2.29. The fourth-order valence-electron chi connectivity index (χ4n) is 5.00. The highest BCUT2D eigenvalue weighted by atomic mass is 32.1. The molecule has 2 fully saturated rings. The Morgan fingerprint density at radius 1 is 1.42 bits per heavy atom. The molecule has 0 spiro atoms. The van der Waals surface area contributed by atoms with Crippen LogP contribution >= 0.6 is 11.3 Å². The van der Waals surface area contributed by atoms with E-state index in [-0.39, 0.29) is 24.1 Å². The van der Waals surface area contributed by atoms with Gasteiger partial charge in [-0.15, -0.1) is 11.3 Å². The number of carbonyl (C=O) groups is 1. The summed E-state index contributed by atoms with van der Waals surface area (Å²) in [7, 11) is 0. The Kier molecular flexibility index (Phi) is 8.44. The van der Waals surface area contributed by atoms with Crippen LogP contribution in [0.1, 0.15) is 55.8 Å². The van der Waals surface area contributed by atoms with E-state index in [4.69, 9.17) is 9.72 Å². The number of aromatic nitrogens is 1. The third-order valence-corrected chi connectivity index (χ3v) is 7.89. The van der Waals surface area contributed by atoms with E-state index >= 15 is 0 Å². The number of rotatable bonds is 6. The standard InChI is InChI=1S/C28H35N5O2S/c1-5-21-23(8-9-24(21)32-28(34)33-13-11-30-12-14-33)22(6-2)26-17-31-27(36-26)19-7-10-25(35-18(3)4)20(15-19)16-29/h5-6,10,15,17-19,24,30H,2,7-9,11-14H2,1,3-4H3,(H,32,34)/b21-5+,23-22+. The van der Waals surface area contributed by atoms with Gasteiger partial charge >= 0.3 is 6.03 Å². The van der Waals surface area contributed by atoms with Crippen LogP contribution in [-0.2, 0) is 4.74 Å². The monoisotopic (exact) mass is 505 g/mol. The average Bonchev–Trinajstić information content (AvgIpc) is 3.53. The maximum absolute atomic E-state index is 12.8. The summed E-state index contributed by atoms with van der Waals surface area (Å²) in [5, 5.41) is 17.1. The van der Waals surface area contributed by atoms with Crippen LogP contribution in [0.2, 0.25) is 0 Å². The summed E-state index contributed by atoms with van der Waals surface area (Å²) >= 11 is 1.64. The lowest BCUT2D eigenvalue weighted by Crippen LogP contribution is -2.52. The molecule has 2 aliphatic carbocycles. The van der Waals surface area contributed by atoms with Gasteiger partial charge < -0.3 is 20.3 Å². The molecule has 2 unspecified atom stereocenters. The Morgan fingerprint density at radius 3 is 2.86 bits per heavy atom. The van der Waals surface area contributed by atoms with Gasteiger partial charge in [0.2, 0.25) is 0 Å². The van der Waals surface area contributed by atoms with Crippen molar-refractivity contribution in [1.82, 2.24) is 20.5 Å². The normalized spacial score (nSPS) is 24.8. The summed E-state index contributed by atoms with van der Waals surface area (Å²) in [4.78, 5) is 20.5. The number of nitrogens with one attached hydrogen (secondary N) is 2. The highest BCUT2D eigenvalue weighted by Gasteiger charge is 2.30. The second-order valence-corrected chi connectivity index (χ2v) is 10.5. The van der Waals surface area contributed by atoms with Crippen molar-refractivity contribution in [3.8, 4) is 6.07 Å². The molecule has 1 aromatic rings. The first-order valence-electron chi connectivity index (χ1n) is 12.7. The molecule has 4 rings (SSSR count). The van der Waals surface area contributed by atoms with Crippen LogP contribution in [0.5, 0.6) is 0 Å². The Hall–Kier alpha value is -3.15. The zero-order valence-electron chi connectivity index (χ0n) is 21.3. The first kappa shape index (κ1) is 25.9. The second-order valence-electron chi connectivity index (χ2n) is 9.45. The Balaban J connectivity index is 1.52. The van der Waals surface area contributed by atoms with Gasteiger partial charge in [-0.2, -0.15) is 5.26 Å². The third-order valence-electron chi connectivity index (χ3n) is 6.73. The van der Waals surface area contributed by atoms with Crippen LogP contribution in [0.4, 0.5) is 4.79 Å². The third kappa shape index (κ3) is 5.63. The van der Waals surface area contributed by atoms with Crippen molar-refractivity contribution in [1.29, 1.82) is 5.26 Å². The minimum absolute atomic E-state index is 0.00120. The van der Waals surface area contributed by atoms with Gasteiger partial charge in [0.15, 0.2) is 0 Å². The smallest absolute Gasteiger partial charge is 0.317 e. The molecule has 7 nitrogen and oxygen atoms in total. The lowest BCUT2D eigenvalue weighted by molar-refractivity contribution is 0.153. The van der Waals surface area contributed by atoms with Crippen LogP contribution in [0.25, 0.3) is 5.57 Å². The SMILES string of the molecule is C=C/C(=C1/CCC(NC(=O)N2CCNCC2)/C1=C/C)c1cnc(C2C=C(C#N)C(OC(C)C)=CC2)s1. The van der Waals surface area contributed by atoms with Crippen molar-refractivity contribution in [3.63, 3.8) is 0 Å². The van der Waals surface area contributed by atoms with Crippen LogP contribution in [-0.4, -0.2) is 54.2 Å². The molecule has 1 saturated carbocycles. The summed E-state index contributed by atoms with van der Waals surface area (Å²) < 4.78 is 5.80. The molecule has 1 aliphatic heterocycles. The van der Waals surface area contributed by atoms with E-state index in [0.717, 1.165) is 66.5 Å². The summed E-state index contributed by atoms with van der Waals surface area (Å²) in [5.41, 5.74) is 4.02. The van der Waals surface area contributed by atoms with Crippen LogP contribution in [0, 0.1) is 11.3 Å². The first-order valence-corrected chi connectivity index (χ1v) is 13.5. The zero-order chi connectivity index (χ0) is 25.7. The molecule has 0 radical (unpaired) electrons. The molecular formula is C28H35N5O2S. The largest absolute Gasteiger partial charge is 0.490 e. The van der Waals surface area contributed by atoms with Gasteiger partial charge in [-0.25, -0.2) is 9.78 Å². The van der Waals surface area contributed by atoms with Gasteiger partial charge in [0, 0.05) is 38.3 Å². The number of ether oxygens (including phenoxy) is 1. The topological polar surface area (TPSA) is 90.3 Å². The molecule has 2 atom stereocenters. The first-order chi connectivity index (χ1) is 17.4. The van der Waals surface area contributed by atoms with Crippen LogP contribution < -0.4 is 10.6 Å². The Labute approximate surface area is 217 Å². The average molecular weight is 506 g/mol. The van der Waals surface area contributed by atoms with Crippen LogP contribution in [0.3, 0.4) is 0 Å². The number of nitriles is 1. The van der Waals surface area contributed by atoms with E-state index in [1.54, 1.807) is 11.3 Å². The van der Waals surface area contributed by atoms with Crippen molar-refractivity contribution in [2.75, 3.05) is 26.2 Å².